The van der Waals surface area contributed by atoms with Crippen LogP contribution in [0.15, 0.2) is 9.57 Å². The zero-order chi connectivity index (χ0) is 15.4. The fourth-order valence-corrected chi connectivity index (χ4v) is 1.99. The minimum atomic E-state index is -0.241. The Morgan fingerprint density at radius 2 is 2.05 bits per heavy atom. The van der Waals surface area contributed by atoms with Crippen LogP contribution in [0.4, 0.5) is 6.01 Å². The second-order valence-corrected chi connectivity index (χ2v) is 6.04. The Labute approximate surface area is 126 Å². The van der Waals surface area contributed by atoms with Gasteiger partial charge in [-0.2, -0.15) is 0 Å². The minimum absolute atomic E-state index is 0.113. The largest absolute Gasteiger partial charge is 0.408 e. The molecule has 9 heteroatoms. The molecule has 0 atom stereocenters. The standard InChI is InChI=1S/C12H18N6O2S/c1-6(2)9-14-12(18-15-9)21-5-8(19)13-11-17-16-10(20-11)7(3)4/h6-7H,5H2,1-4H3,(H,13,17,19)(H,14,15,18). The molecule has 2 aromatic heterocycles. The van der Waals surface area contributed by atoms with Crippen molar-refractivity contribution in [2.45, 2.75) is 44.7 Å². The predicted octanol–water partition coefficient (Wildman–Crippen LogP) is 2.17. The molecule has 0 bridgehead atoms. The van der Waals surface area contributed by atoms with Gasteiger partial charge in [-0.05, 0) is 0 Å². The molecule has 21 heavy (non-hydrogen) atoms. The number of carbonyl (C=O) groups is 1. The lowest BCUT2D eigenvalue weighted by Crippen LogP contribution is -2.14. The first-order chi connectivity index (χ1) is 9.95. The van der Waals surface area contributed by atoms with Crippen molar-refractivity contribution in [3.8, 4) is 0 Å². The first kappa shape index (κ1) is 15.5. The second-order valence-electron chi connectivity index (χ2n) is 5.09. The molecule has 0 unspecified atom stereocenters. The molecule has 0 aromatic carbocycles. The van der Waals surface area contributed by atoms with Crippen LogP contribution in [0, 0.1) is 0 Å². The van der Waals surface area contributed by atoms with E-state index in [2.05, 4.69) is 30.7 Å². The number of aromatic nitrogens is 5. The third-order valence-electron chi connectivity index (χ3n) is 2.54. The number of rotatable bonds is 6. The molecule has 0 saturated heterocycles. The summed E-state index contributed by atoms with van der Waals surface area (Å²) in [6, 6.07) is 0.113. The Morgan fingerprint density at radius 1 is 1.29 bits per heavy atom. The lowest BCUT2D eigenvalue weighted by Gasteiger charge is -1.98. The predicted molar refractivity (Wildman–Crippen MR) is 78.2 cm³/mol. The van der Waals surface area contributed by atoms with E-state index in [-0.39, 0.29) is 29.5 Å². The Balaban J connectivity index is 1.83. The maximum Gasteiger partial charge on any atom is 0.322 e. The van der Waals surface area contributed by atoms with Crippen molar-refractivity contribution in [2.75, 3.05) is 11.1 Å². The second kappa shape index (κ2) is 6.70. The van der Waals surface area contributed by atoms with Gasteiger partial charge in [0.25, 0.3) is 0 Å². The zero-order valence-corrected chi connectivity index (χ0v) is 13.2. The number of H-pyrrole nitrogens is 1. The quantitative estimate of drug-likeness (QED) is 0.787. The molecule has 0 saturated carbocycles. The molecule has 2 aromatic rings. The van der Waals surface area contributed by atoms with Gasteiger partial charge in [0.2, 0.25) is 17.0 Å². The summed E-state index contributed by atoms with van der Waals surface area (Å²) in [6.45, 7) is 7.90. The van der Waals surface area contributed by atoms with E-state index in [1.807, 2.05) is 27.7 Å². The summed E-state index contributed by atoms with van der Waals surface area (Å²) in [6.07, 6.45) is 0. The summed E-state index contributed by atoms with van der Waals surface area (Å²) >= 11 is 1.24. The SMILES string of the molecule is CC(C)c1nc(SCC(=O)Nc2nnc(C(C)C)o2)n[nH]1. The van der Waals surface area contributed by atoms with Gasteiger partial charge < -0.3 is 4.42 Å². The van der Waals surface area contributed by atoms with Gasteiger partial charge in [-0.1, -0.05) is 44.6 Å². The minimum Gasteiger partial charge on any atom is -0.408 e. The van der Waals surface area contributed by atoms with E-state index >= 15 is 0 Å². The van der Waals surface area contributed by atoms with E-state index < -0.39 is 0 Å². The number of hydrogen-bond donors (Lipinski definition) is 2. The molecule has 0 aliphatic heterocycles. The lowest BCUT2D eigenvalue weighted by molar-refractivity contribution is -0.113. The summed E-state index contributed by atoms with van der Waals surface area (Å²) < 4.78 is 5.30. The van der Waals surface area contributed by atoms with Crippen molar-refractivity contribution in [3.63, 3.8) is 0 Å². The van der Waals surface area contributed by atoms with Gasteiger partial charge in [0.1, 0.15) is 5.82 Å². The molecular formula is C12H18N6O2S. The molecule has 2 N–H and O–H groups in total. The summed E-state index contributed by atoms with van der Waals surface area (Å²) in [7, 11) is 0. The molecule has 0 aliphatic carbocycles. The maximum atomic E-state index is 11.8. The highest BCUT2D eigenvalue weighted by Crippen LogP contribution is 2.17. The molecule has 2 rings (SSSR count). The van der Waals surface area contributed by atoms with E-state index in [0.717, 1.165) is 5.82 Å². The molecule has 0 radical (unpaired) electrons. The van der Waals surface area contributed by atoms with Gasteiger partial charge in [0.15, 0.2) is 0 Å². The van der Waals surface area contributed by atoms with Crippen LogP contribution in [-0.4, -0.2) is 37.0 Å². The maximum absolute atomic E-state index is 11.8. The van der Waals surface area contributed by atoms with Crippen molar-refractivity contribution in [1.29, 1.82) is 0 Å². The molecule has 8 nitrogen and oxygen atoms in total. The number of aromatic amines is 1. The van der Waals surface area contributed by atoms with E-state index in [4.69, 9.17) is 4.42 Å². The van der Waals surface area contributed by atoms with Gasteiger partial charge in [-0.25, -0.2) is 4.98 Å². The highest BCUT2D eigenvalue weighted by molar-refractivity contribution is 7.99. The van der Waals surface area contributed by atoms with Crippen molar-refractivity contribution < 1.29 is 9.21 Å². The first-order valence-electron chi connectivity index (χ1n) is 6.64. The van der Waals surface area contributed by atoms with Crippen molar-refractivity contribution in [1.82, 2.24) is 25.4 Å². The normalized spacial score (nSPS) is 11.3. The molecule has 0 aliphatic rings. The Kier molecular flexibility index (Phi) is 4.94. The monoisotopic (exact) mass is 310 g/mol. The Hall–Kier alpha value is -1.90. The molecular weight excluding hydrogens is 292 g/mol. The Bertz CT molecular complexity index is 606. The average Bonchev–Trinajstić information content (AvgIpc) is 3.05. The fourth-order valence-electron chi connectivity index (χ4n) is 1.38. The van der Waals surface area contributed by atoms with E-state index in [0.29, 0.717) is 11.0 Å². The topological polar surface area (TPSA) is 110 Å². The lowest BCUT2D eigenvalue weighted by atomic mass is 10.2. The van der Waals surface area contributed by atoms with Gasteiger partial charge in [0.05, 0.1) is 5.75 Å². The highest BCUT2D eigenvalue weighted by atomic mass is 32.2. The van der Waals surface area contributed by atoms with Crippen LogP contribution >= 0.6 is 11.8 Å². The van der Waals surface area contributed by atoms with Gasteiger partial charge in [0, 0.05) is 11.8 Å². The number of nitrogens with zero attached hydrogens (tertiary/aromatic N) is 4. The number of nitrogens with one attached hydrogen (secondary N) is 2. The summed E-state index contributed by atoms with van der Waals surface area (Å²) in [5, 5.41) is 17.6. The molecule has 2 heterocycles. The molecule has 0 fully saturated rings. The summed E-state index contributed by atoms with van der Waals surface area (Å²) in [4.78, 5) is 16.1. The number of anilines is 1. The highest BCUT2D eigenvalue weighted by Gasteiger charge is 2.13. The van der Waals surface area contributed by atoms with Crippen LogP contribution in [0.5, 0.6) is 0 Å². The first-order valence-corrected chi connectivity index (χ1v) is 7.62. The van der Waals surface area contributed by atoms with Crippen molar-refractivity contribution in [3.05, 3.63) is 11.7 Å². The molecule has 0 spiro atoms. The number of thioether (sulfide) groups is 1. The van der Waals surface area contributed by atoms with Crippen LogP contribution in [0.25, 0.3) is 0 Å². The zero-order valence-electron chi connectivity index (χ0n) is 12.4. The van der Waals surface area contributed by atoms with E-state index in [1.165, 1.54) is 11.8 Å². The number of hydrogen-bond acceptors (Lipinski definition) is 7. The Morgan fingerprint density at radius 3 is 2.62 bits per heavy atom. The number of carbonyl (C=O) groups excluding carboxylic acids is 1. The van der Waals surface area contributed by atoms with Crippen LogP contribution in [0.3, 0.4) is 0 Å². The van der Waals surface area contributed by atoms with Crippen molar-refractivity contribution in [2.24, 2.45) is 0 Å². The number of amides is 1. The summed E-state index contributed by atoms with van der Waals surface area (Å²) in [5.41, 5.74) is 0. The fraction of sp³-hybridized carbons (Fsp3) is 0.583. The van der Waals surface area contributed by atoms with Crippen LogP contribution in [0.1, 0.15) is 51.2 Å². The van der Waals surface area contributed by atoms with Crippen LogP contribution in [-0.2, 0) is 4.79 Å². The van der Waals surface area contributed by atoms with Crippen LogP contribution < -0.4 is 5.32 Å². The summed E-state index contributed by atoms with van der Waals surface area (Å²) in [5.74, 6) is 1.63. The van der Waals surface area contributed by atoms with Gasteiger partial charge >= 0.3 is 6.01 Å². The van der Waals surface area contributed by atoms with Crippen molar-refractivity contribution >= 4 is 23.7 Å². The average molecular weight is 310 g/mol. The third-order valence-corrected chi connectivity index (χ3v) is 3.39. The van der Waals surface area contributed by atoms with E-state index in [1.54, 1.807) is 0 Å². The van der Waals surface area contributed by atoms with E-state index in [9.17, 15) is 4.79 Å². The van der Waals surface area contributed by atoms with Crippen LogP contribution in [0.2, 0.25) is 0 Å². The molecule has 114 valence electrons. The third kappa shape index (κ3) is 4.28. The van der Waals surface area contributed by atoms with Gasteiger partial charge in [-0.15, -0.1) is 10.2 Å². The molecule has 1 amide bonds. The van der Waals surface area contributed by atoms with Gasteiger partial charge in [-0.3, -0.25) is 15.2 Å². The smallest absolute Gasteiger partial charge is 0.322 e.